The third kappa shape index (κ3) is 2.58. The number of nitrogens with one attached hydrogen (secondary N) is 1. The van der Waals surface area contributed by atoms with Crippen molar-refractivity contribution in [3.63, 3.8) is 0 Å². The minimum atomic E-state index is -3.32. The summed E-state index contributed by atoms with van der Waals surface area (Å²) in [6.45, 7) is 1.13. The molecule has 1 aliphatic rings. The molecular weight excluding hydrogens is 330 g/mol. The number of thiophene rings is 1. The lowest BCUT2D eigenvalue weighted by Gasteiger charge is -2.30. The van der Waals surface area contributed by atoms with Crippen LogP contribution in [0.2, 0.25) is 0 Å². The fourth-order valence-corrected chi connectivity index (χ4v) is 5.87. The molecule has 3 aromatic heterocycles. The monoisotopic (exact) mass is 347 g/mol. The summed E-state index contributed by atoms with van der Waals surface area (Å²) < 4.78 is 27.2. The minimum Gasteiger partial charge on any atom is -0.346 e. The smallest absolute Gasteiger partial charge is 0.252 e. The Labute approximate surface area is 139 Å². The van der Waals surface area contributed by atoms with Crippen LogP contribution in [-0.4, -0.2) is 35.8 Å². The minimum absolute atomic E-state index is 0.378. The third-order valence-corrected chi connectivity index (χ3v) is 7.74. The largest absolute Gasteiger partial charge is 0.346 e. The van der Waals surface area contributed by atoms with Crippen molar-refractivity contribution in [2.24, 2.45) is 0 Å². The fraction of sp³-hybridized carbons (Fsp3) is 0.312. The highest BCUT2D eigenvalue weighted by molar-refractivity contribution is 7.91. The first-order valence-corrected chi connectivity index (χ1v) is 9.94. The van der Waals surface area contributed by atoms with Crippen LogP contribution in [0.1, 0.15) is 24.3 Å². The van der Waals surface area contributed by atoms with E-state index in [2.05, 4.69) is 16.0 Å². The fourth-order valence-electron chi connectivity index (χ4n) is 3.26. The molecule has 0 aliphatic carbocycles. The summed E-state index contributed by atoms with van der Waals surface area (Å²) in [5.41, 5.74) is 2.15. The number of aromatic nitrogens is 2. The van der Waals surface area contributed by atoms with Gasteiger partial charge in [0.1, 0.15) is 9.86 Å². The van der Waals surface area contributed by atoms with E-state index >= 15 is 0 Å². The first kappa shape index (κ1) is 14.9. The Morgan fingerprint density at radius 1 is 1.22 bits per heavy atom. The second-order valence-corrected chi connectivity index (χ2v) is 8.87. The number of hydrogen-bond acceptors (Lipinski definition) is 4. The average molecular weight is 347 g/mol. The van der Waals surface area contributed by atoms with Crippen molar-refractivity contribution in [2.75, 3.05) is 13.1 Å². The third-order valence-electron chi connectivity index (χ3n) is 4.47. The van der Waals surface area contributed by atoms with Gasteiger partial charge in [-0.15, -0.1) is 11.3 Å². The molecule has 3 aromatic rings. The van der Waals surface area contributed by atoms with Crippen molar-refractivity contribution < 1.29 is 8.42 Å². The molecule has 0 aromatic carbocycles. The topological polar surface area (TPSA) is 66.1 Å². The molecule has 1 saturated heterocycles. The number of fused-ring (bicyclic) bond motifs is 1. The summed E-state index contributed by atoms with van der Waals surface area (Å²) in [6, 6.07) is 7.47. The summed E-state index contributed by atoms with van der Waals surface area (Å²) in [7, 11) is -3.32. The molecule has 0 bridgehead atoms. The van der Waals surface area contributed by atoms with E-state index in [1.807, 2.05) is 12.3 Å². The molecule has 4 heterocycles. The molecule has 1 N–H and O–H groups in total. The summed E-state index contributed by atoms with van der Waals surface area (Å²) in [6.07, 6.45) is 5.48. The number of pyridine rings is 1. The highest BCUT2D eigenvalue weighted by Crippen LogP contribution is 2.34. The predicted octanol–water partition coefficient (Wildman–Crippen LogP) is 3.19. The number of sulfonamides is 1. The summed E-state index contributed by atoms with van der Waals surface area (Å²) in [5, 5.41) is 2.95. The highest BCUT2D eigenvalue weighted by Gasteiger charge is 2.31. The Kier molecular flexibility index (Phi) is 3.71. The summed E-state index contributed by atoms with van der Waals surface area (Å²) in [4.78, 5) is 7.53. The average Bonchev–Trinajstić information content (AvgIpc) is 3.25. The second kappa shape index (κ2) is 5.74. The normalized spacial score (nSPS) is 17.7. The van der Waals surface area contributed by atoms with Crippen LogP contribution in [-0.2, 0) is 10.0 Å². The lowest BCUT2D eigenvalue weighted by atomic mass is 9.90. The molecule has 0 amide bonds. The molecule has 7 heteroatoms. The van der Waals surface area contributed by atoms with Crippen LogP contribution in [0.15, 0.2) is 46.2 Å². The van der Waals surface area contributed by atoms with Gasteiger partial charge < -0.3 is 4.98 Å². The number of piperidine rings is 1. The van der Waals surface area contributed by atoms with Gasteiger partial charge in [-0.1, -0.05) is 6.07 Å². The molecule has 0 saturated carbocycles. The van der Waals surface area contributed by atoms with Gasteiger partial charge in [0.25, 0.3) is 10.0 Å². The Hall–Kier alpha value is -1.70. The van der Waals surface area contributed by atoms with Crippen molar-refractivity contribution in [1.82, 2.24) is 14.3 Å². The molecule has 5 nitrogen and oxygen atoms in total. The maximum atomic E-state index is 12.6. The maximum Gasteiger partial charge on any atom is 0.252 e. The number of H-pyrrole nitrogens is 1. The molecule has 120 valence electrons. The van der Waals surface area contributed by atoms with Gasteiger partial charge in [0.15, 0.2) is 0 Å². The quantitative estimate of drug-likeness (QED) is 0.791. The van der Waals surface area contributed by atoms with E-state index in [4.69, 9.17) is 0 Å². The number of aromatic amines is 1. The Morgan fingerprint density at radius 2 is 2.04 bits per heavy atom. The van der Waals surface area contributed by atoms with Crippen molar-refractivity contribution in [2.45, 2.75) is 23.0 Å². The zero-order valence-electron chi connectivity index (χ0n) is 12.5. The van der Waals surface area contributed by atoms with Crippen LogP contribution >= 0.6 is 11.3 Å². The summed E-state index contributed by atoms with van der Waals surface area (Å²) >= 11 is 1.28. The number of hydrogen-bond donors (Lipinski definition) is 1. The molecule has 0 unspecified atom stereocenters. The lowest BCUT2D eigenvalue weighted by molar-refractivity contribution is 0.321. The van der Waals surface area contributed by atoms with E-state index in [1.165, 1.54) is 16.9 Å². The number of rotatable bonds is 3. The highest BCUT2D eigenvalue weighted by atomic mass is 32.2. The van der Waals surface area contributed by atoms with Gasteiger partial charge >= 0.3 is 0 Å². The van der Waals surface area contributed by atoms with Gasteiger partial charge in [-0.05, 0) is 47.9 Å². The standard InChI is InChI=1S/C16H17N3O2S2/c20-23(21,15-4-2-10-22-15)19-8-5-12(6-9-19)14-11-18-16-13(14)3-1-7-17-16/h1-4,7,10-12H,5-6,8-9H2,(H,17,18). The Morgan fingerprint density at radius 3 is 2.78 bits per heavy atom. The van der Waals surface area contributed by atoms with Gasteiger partial charge in [-0.25, -0.2) is 13.4 Å². The molecule has 1 aliphatic heterocycles. The van der Waals surface area contributed by atoms with E-state index in [0.29, 0.717) is 23.2 Å². The zero-order valence-corrected chi connectivity index (χ0v) is 14.1. The molecule has 23 heavy (non-hydrogen) atoms. The molecule has 1 fully saturated rings. The van der Waals surface area contributed by atoms with Gasteiger partial charge in [-0.3, -0.25) is 0 Å². The molecular formula is C16H17N3O2S2. The summed E-state index contributed by atoms with van der Waals surface area (Å²) in [5.74, 6) is 0.378. The first-order valence-electron chi connectivity index (χ1n) is 7.62. The zero-order chi connectivity index (χ0) is 15.9. The molecule has 0 spiro atoms. The Bertz CT molecular complexity index is 908. The molecule has 0 atom stereocenters. The van der Waals surface area contributed by atoms with Crippen LogP contribution in [0.25, 0.3) is 11.0 Å². The van der Waals surface area contributed by atoms with Crippen molar-refractivity contribution >= 4 is 32.4 Å². The van der Waals surface area contributed by atoms with Crippen LogP contribution in [0.5, 0.6) is 0 Å². The molecule has 4 rings (SSSR count). The van der Waals surface area contributed by atoms with Crippen LogP contribution in [0.3, 0.4) is 0 Å². The van der Waals surface area contributed by atoms with Crippen LogP contribution in [0.4, 0.5) is 0 Å². The van der Waals surface area contributed by atoms with Crippen LogP contribution < -0.4 is 0 Å². The number of nitrogens with zero attached hydrogens (tertiary/aromatic N) is 2. The Balaban J connectivity index is 1.53. The van der Waals surface area contributed by atoms with E-state index in [0.717, 1.165) is 23.9 Å². The van der Waals surface area contributed by atoms with Crippen LogP contribution in [0, 0.1) is 0 Å². The van der Waals surface area contributed by atoms with E-state index in [-0.39, 0.29) is 0 Å². The first-order chi connectivity index (χ1) is 11.2. The van der Waals surface area contributed by atoms with Crippen molar-refractivity contribution in [3.8, 4) is 0 Å². The SMILES string of the molecule is O=S(=O)(c1cccs1)N1CCC(c2c[nH]c3ncccc23)CC1. The van der Waals surface area contributed by atoms with Gasteiger partial charge in [0, 0.05) is 30.9 Å². The van der Waals surface area contributed by atoms with Gasteiger partial charge in [0.05, 0.1) is 0 Å². The van der Waals surface area contributed by atoms with Gasteiger partial charge in [0.2, 0.25) is 0 Å². The van der Waals surface area contributed by atoms with E-state index in [1.54, 1.807) is 28.0 Å². The molecule has 0 radical (unpaired) electrons. The van der Waals surface area contributed by atoms with Crippen molar-refractivity contribution in [3.05, 3.63) is 47.6 Å². The predicted molar refractivity (Wildman–Crippen MR) is 91.1 cm³/mol. The van der Waals surface area contributed by atoms with Crippen molar-refractivity contribution in [1.29, 1.82) is 0 Å². The second-order valence-electron chi connectivity index (χ2n) is 5.75. The lowest BCUT2D eigenvalue weighted by Crippen LogP contribution is -2.37. The van der Waals surface area contributed by atoms with E-state index in [9.17, 15) is 8.42 Å². The van der Waals surface area contributed by atoms with E-state index < -0.39 is 10.0 Å². The van der Waals surface area contributed by atoms with Gasteiger partial charge in [-0.2, -0.15) is 4.31 Å². The maximum absolute atomic E-state index is 12.6.